The first-order valence-electron chi connectivity index (χ1n) is 13.8. The first-order chi connectivity index (χ1) is 19.2. The molecule has 0 radical (unpaired) electrons. The first-order valence-corrected chi connectivity index (χ1v) is 15.7. The topological polar surface area (TPSA) is 131 Å². The van der Waals surface area contributed by atoms with Crippen LogP contribution < -0.4 is 20.5 Å². The van der Waals surface area contributed by atoms with E-state index in [9.17, 15) is 18.3 Å². The minimum Gasteiger partial charge on any atom is -0.490 e. The number of nitrogens with two attached hydrogens (primary N) is 1. The number of aliphatic hydroxyl groups excluding tert-OH is 1. The third kappa shape index (κ3) is 10.8. The lowest BCUT2D eigenvalue weighted by atomic mass is 9.97. The summed E-state index contributed by atoms with van der Waals surface area (Å²) in [5, 5.41) is 13.6. The van der Waals surface area contributed by atoms with Crippen LogP contribution in [0.4, 0.5) is 5.69 Å². The zero-order valence-electron chi connectivity index (χ0n) is 23.8. The van der Waals surface area contributed by atoms with Crippen LogP contribution in [0.5, 0.6) is 5.75 Å². The minimum atomic E-state index is -3.69. The Labute approximate surface area is 261 Å². The largest absolute Gasteiger partial charge is 0.490 e. The fraction of sp³-hybridized carbons (Fsp3) is 0.387. The number of rotatable bonds is 12. The summed E-state index contributed by atoms with van der Waals surface area (Å²) in [7, 11) is -3.69. The highest BCUT2D eigenvalue weighted by molar-refractivity contribution is 7.89. The summed E-state index contributed by atoms with van der Waals surface area (Å²) >= 11 is 0. The van der Waals surface area contributed by atoms with Gasteiger partial charge in [0.05, 0.1) is 24.0 Å². The molecule has 1 aliphatic rings. The minimum absolute atomic E-state index is 0. The highest BCUT2D eigenvalue weighted by atomic mass is 35.5. The third-order valence-electron chi connectivity index (χ3n) is 7.12. The van der Waals surface area contributed by atoms with Gasteiger partial charge in [0.1, 0.15) is 5.75 Å². The van der Waals surface area contributed by atoms with Gasteiger partial charge in [-0.25, -0.2) is 13.1 Å². The van der Waals surface area contributed by atoms with E-state index >= 15 is 0 Å². The second-order valence-electron chi connectivity index (χ2n) is 10.5. The molecule has 8 nitrogen and oxygen atoms in total. The van der Waals surface area contributed by atoms with Crippen molar-refractivity contribution in [3.63, 3.8) is 0 Å². The van der Waals surface area contributed by atoms with E-state index < -0.39 is 22.0 Å². The van der Waals surface area contributed by atoms with Gasteiger partial charge in [-0.05, 0) is 91.6 Å². The van der Waals surface area contributed by atoms with Crippen molar-refractivity contribution in [3.8, 4) is 16.9 Å². The fourth-order valence-corrected chi connectivity index (χ4v) is 5.38. The van der Waals surface area contributed by atoms with Crippen molar-refractivity contribution in [2.75, 3.05) is 25.1 Å². The van der Waals surface area contributed by atoms with Crippen molar-refractivity contribution in [1.82, 2.24) is 10.0 Å². The Morgan fingerprint density at radius 1 is 0.976 bits per heavy atom. The molecule has 1 fully saturated rings. The van der Waals surface area contributed by atoms with E-state index in [2.05, 4.69) is 22.2 Å². The Balaban J connectivity index is 0.00000308. The maximum Gasteiger partial charge on any atom is 0.268 e. The second kappa shape index (κ2) is 16.7. The Bertz CT molecular complexity index is 1380. The van der Waals surface area contributed by atoms with Gasteiger partial charge in [0.25, 0.3) is 5.91 Å². The average molecular weight is 639 g/mol. The molecular formula is C31H41Cl2N3O5S. The van der Waals surface area contributed by atoms with Crippen molar-refractivity contribution in [1.29, 1.82) is 0 Å². The van der Waals surface area contributed by atoms with Crippen LogP contribution >= 0.6 is 24.8 Å². The Kier molecular flexibility index (Phi) is 14.1. The number of carbonyl (C=O) groups is 1. The van der Waals surface area contributed by atoms with E-state index in [1.165, 1.54) is 12.0 Å². The summed E-state index contributed by atoms with van der Waals surface area (Å²) in [6, 6.07) is 20.8. The van der Waals surface area contributed by atoms with Crippen LogP contribution in [0, 0.1) is 0 Å². The molecule has 0 saturated heterocycles. The van der Waals surface area contributed by atoms with Crippen molar-refractivity contribution in [2.45, 2.75) is 57.2 Å². The van der Waals surface area contributed by atoms with Crippen molar-refractivity contribution in [3.05, 3.63) is 83.4 Å². The molecule has 1 saturated carbocycles. The number of sulfonamides is 1. The quantitative estimate of drug-likeness (QED) is 0.154. The number of nitrogen functional groups attached to an aromatic ring is 1. The van der Waals surface area contributed by atoms with E-state index in [1.807, 2.05) is 36.4 Å². The molecule has 1 atom stereocenters. The zero-order valence-corrected chi connectivity index (χ0v) is 26.2. The molecule has 3 aromatic carbocycles. The summed E-state index contributed by atoms with van der Waals surface area (Å²) in [5.74, 6) is -0.285. The molecule has 3 aromatic rings. The molecule has 230 valence electrons. The number of aryl methyl sites for hydroxylation is 1. The summed E-state index contributed by atoms with van der Waals surface area (Å²) in [6.45, 7) is 1.26. The lowest BCUT2D eigenvalue weighted by Gasteiger charge is -2.24. The van der Waals surface area contributed by atoms with E-state index in [4.69, 9.17) is 10.5 Å². The molecule has 42 heavy (non-hydrogen) atoms. The molecule has 0 spiro atoms. The summed E-state index contributed by atoms with van der Waals surface area (Å²) in [5.41, 5.74) is 10.5. The van der Waals surface area contributed by atoms with Gasteiger partial charge in [0.2, 0.25) is 10.0 Å². The predicted octanol–water partition coefficient (Wildman–Crippen LogP) is 5.44. The lowest BCUT2D eigenvalue weighted by Crippen LogP contribution is -2.30. The molecule has 0 bridgehead atoms. The van der Waals surface area contributed by atoms with E-state index in [0.29, 0.717) is 18.0 Å². The number of anilines is 1. The molecule has 1 amide bonds. The number of amides is 1. The summed E-state index contributed by atoms with van der Waals surface area (Å²) in [4.78, 5) is 12.7. The fourth-order valence-electron chi connectivity index (χ4n) is 4.93. The average Bonchev–Trinajstić information content (AvgIpc) is 2.93. The molecular weight excluding hydrogens is 597 g/mol. The molecule has 0 heterocycles. The number of hydrogen-bond acceptors (Lipinski definition) is 7. The lowest BCUT2D eigenvalue weighted by molar-refractivity contribution is 0.0969. The zero-order chi connectivity index (χ0) is 28.5. The van der Waals surface area contributed by atoms with Crippen LogP contribution in [0.15, 0.2) is 66.7 Å². The highest BCUT2D eigenvalue weighted by Gasteiger charge is 2.21. The highest BCUT2D eigenvalue weighted by Crippen LogP contribution is 2.31. The van der Waals surface area contributed by atoms with E-state index in [1.54, 1.807) is 18.2 Å². The number of hydrogen-bond donors (Lipinski definition) is 4. The smallest absolute Gasteiger partial charge is 0.268 e. The van der Waals surface area contributed by atoms with Crippen molar-refractivity contribution in [2.24, 2.45) is 0 Å². The number of ether oxygens (including phenoxy) is 1. The van der Waals surface area contributed by atoms with Crippen molar-refractivity contribution < 1.29 is 23.1 Å². The monoisotopic (exact) mass is 637 g/mol. The van der Waals surface area contributed by atoms with Crippen LogP contribution in [0.25, 0.3) is 11.1 Å². The predicted molar refractivity (Wildman–Crippen MR) is 173 cm³/mol. The van der Waals surface area contributed by atoms with Crippen LogP contribution in [0.1, 0.15) is 66.1 Å². The van der Waals surface area contributed by atoms with Gasteiger partial charge in [0, 0.05) is 12.2 Å². The van der Waals surface area contributed by atoms with Crippen LogP contribution in [-0.4, -0.2) is 44.9 Å². The van der Waals surface area contributed by atoms with Gasteiger partial charge in [-0.3, -0.25) is 4.79 Å². The van der Waals surface area contributed by atoms with Crippen LogP contribution in [-0.2, 0) is 16.4 Å². The maximum absolute atomic E-state index is 12.7. The van der Waals surface area contributed by atoms with Crippen LogP contribution in [0.3, 0.4) is 0 Å². The molecule has 5 N–H and O–H groups in total. The van der Waals surface area contributed by atoms with Gasteiger partial charge in [-0.15, -0.1) is 24.8 Å². The molecule has 0 aromatic heterocycles. The molecule has 0 unspecified atom stereocenters. The molecule has 4 rings (SSSR count). The van der Waals surface area contributed by atoms with Crippen molar-refractivity contribution >= 4 is 46.4 Å². The third-order valence-corrected chi connectivity index (χ3v) is 7.67. The number of nitrogens with one attached hydrogen (secondary N) is 2. The maximum atomic E-state index is 12.7. The van der Waals surface area contributed by atoms with Gasteiger partial charge in [-0.2, -0.15) is 0 Å². The standard InChI is InChI=1S/C31H39N3O5S.2ClH/c1-40(37,38)34-31(36)28-18-15-25(20-30(28)39-27-7-3-2-4-8-27)23-11-9-22(10-12-23)6-5-19-33-21-29(35)24-13-16-26(32)17-14-24;;/h9-18,20,27,29,33,35H,2-8,19,21,32H2,1H3,(H,34,36);2*1H/t29-;;/m1../s1. The number of benzene rings is 3. The van der Waals surface area contributed by atoms with E-state index in [-0.39, 0.29) is 36.5 Å². The van der Waals surface area contributed by atoms with E-state index in [0.717, 1.165) is 68.0 Å². The molecule has 0 aliphatic heterocycles. The molecule has 1 aliphatic carbocycles. The SMILES string of the molecule is CS(=O)(=O)NC(=O)c1ccc(-c2ccc(CCCNC[C@@H](O)c3ccc(N)cc3)cc2)cc1OC1CCCCC1.Cl.Cl. The Hall–Kier alpha value is -2.82. The number of carbonyl (C=O) groups excluding carboxylic acids is 1. The number of aliphatic hydroxyl groups is 1. The second-order valence-corrected chi connectivity index (χ2v) is 12.2. The summed E-state index contributed by atoms with van der Waals surface area (Å²) in [6.07, 6.45) is 7.39. The van der Waals surface area contributed by atoms with Crippen LogP contribution in [0.2, 0.25) is 0 Å². The van der Waals surface area contributed by atoms with Gasteiger partial charge in [0.15, 0.2) is 0 Å². The van der Waals surface area contributed by atoms with Gasteiger partial charge in [-0.1, -0.05) is 48.9 Å². The Morgan fingerprint density at radius 3 is 2.26 bits per heavy atom. The number of halogens is 2. The van der Waals surface area contributed by atoms with Gasteiger partial charge < -0.3 is 20.9 Å². The molecule has 11 heteroatoms. The van der Waals surface area contributed by atoms with Gasteiger partial charge >= 0.3 is 0 Å². The normalized spacial score (nSPS) is 14.2. The first kappa shape index (κ1) is 35.4. The Morgan fingerprint density at radius 2 is 1.62 bits per heavy atom. The summed E-state index contributed by atoms with van der Waals surface area (Å²) < 4.78 is 31.6.